The van der Waals surface area contributed by atoms with E-state index in [1.807, 2.05) is 18.2 Å². The molecule has 0 aromatic rings. The first-order valence-corrected chi connectivity index (χ1v) is 41.8. The number of unbranched alkanes of at least 4 members (excludes halogenated alkanes) is 33. The number of ether oxygens (including phenoxy) is 4. The van der Waals surface area contributed by atoms with Gasteiger partial charge in [-0.1, -0.05) is 305 Å². The van der Waals surface area contributed by atoms with E-state index in [0.717, 1.165) is 122 Å². The van der Waals surface area contributed by atoms with Crippen LogP contribution in [0, 0.1) is 0 Å². The van der Waals surface area contributed by atoms with Crippen molar-refractivity contribution < 1.29 is 80.2 Å². The summed E-state index contributed by atoms with van der Waals surface area (Å²) >= 11 is 0. The number of aliphatic hydroxyl groups is 1. The van der Waals surface area contributed by atoms with Gasteiger partial charge >= 0.3 is 39.5 Å². The Morgan fingerprint density at radius 1 is 0.296 bits per heavy atom. The van der Waals surface area contributed by atoms with Crippen LogP contribution in [0.1, 0.15) is 336 Å². The van der Waals surface area contributed by atoms with Gasteiger partial charge < -0.3 is 33.8 Å². The lowest BCUT2D eigenvalue weighted by Gasteiger charge is -2.21. The first-order valence-electron chi connectivity index (χ1n) is 38.8. The minimum Gasteiger partial charge on any atom is -0.462 e. The van der Waals surface area contributed by atoms with Crippen molar-refractivity contribution in [2.75, 3.05) is 39.6 Å². The molecule has 0 spiro atoms. The maximum atomic E-state index is 13.1. The molecule has 0 aliphatic rings. The highest BCUT2D eigenvalue weighted by Crippen LogP contribution is 2.45. The van der Waals surface area contributed by atoms with Crippen LogP contribution in [0.25, 0.3) is 0 Å². The lowest BCUT2D eigenvalue weighted by atomic mass is 10.0. The van der Waals surface area contributed by atoms with Crippen LogP contribution >= 0.6 is 15.6 Å². The molecule has 0 aliphatic carbocycles. The van der Waals surface area contributed by atoms with E-state index in [2.05, 4.69) is 94.5 Å². The molecule has 0 rings (SSSR count). The maximum absolute atomic E-state index is 13.1. The van der Waals surface area contributed by atoms with Gasteiger partial charge in [-0.15, -0.1) is 0 Å². The highest BCUT2D eigenvalue weighted by molar-refractivity contribution is 7.47. The maximum Gasteiger partial charge on any atom is 0.472 e. The molecule has 0 saturated heterocycles. The van der Waals surface area contributed by atoms with E-state index in [1.165, 1.54) is 128 Å². The molecule has 17 nitrogen and oxygen atoms in total. The smallest absolute Gasteiger partial charge is 0.462 e. The van der Waals surface area contributed by atoms with Crippen LogP contribution in [-0.4, -0.2) is 96.7 Å². The molecule has 568 valence electrons. The topological polar surface area (TPSA) is 237 Å². The van der Waals surface area contributed by atoms with Crippen LogP contribution in [0.5, 0.6) is 0 Å². The summed E-state index contributed by atoms with van der Waals surface area (Å²) in [5.41, 5.74) is 0. The monoisotopic (exact) mass is 1420 g/mol. The fourth-order valence-corrected chi connectivity index (χ4v) is 12.1. The SMILES string of the molecule is CC/C=C\C/C=C\C/C=C\C/C=C\C/C=C\C/C=C\CCC(=O)OC[C@H](COP(=O)(O)OC[C@@H](O)COP(=O)(O)OC[C@@H](COC(=O)CCCCCCC/C=C\CCCCCC)OC(=O)CCCCCCCCCCCCCCC)OC(=O)CCCCCCCCCCCCCCC. The van der Waals surface area contributed by atoms with Gasteiger partial charge in [0.05, 0.1) is 26.4 Å². The number of hydrogen-bond acceptors (Lipinski definition) is 15. The van der Waals surface area contributed by atoms with E-state index in [-0.39, 0.29) is 25.7 Å². The zero-order valence-electron chi connectivity index (χ0n) is 62.0. The van der Waals surface area contributed by atoms with E-state index in [9.17, 15) is 43.2 Å². The van der Waals surface area contributed by atoms with Crippen LogP contribution < -0.4 is 0 Å². The molecule has 0 bridgehead atoms. The summed E-state index contributed by atoms with van der Waals surface area (Å²) in [6.07, 6.45) is 73.0. The molecular weight excluding hydrogens is 1280 g/mol. The fourth-order valence-electron chi connectivity index (χ4n) is 10.5. The number of carbonyl (C=O) groups is 4. The highest BCUT2D eigenvalue weighted by atomic mass is 31.2. The van der Waals surface area contributed by atoms with Crippen LogP contribution in [0.4, 0.5) is 0 Å². The van der Waals surface area contributed by atoms with Gasteiger partial charge in [0.2, 0.25) is 0 Å². The molecule has 0 aromatic heterocycles. The largest absolute Gasteiger partial charge is 0.472 e. The first kappa shape index (κ1) is 94.2. The predicted molar refractivity (Wildman–Crippen MR) is 399 cm³/mol. The third-order valence-corrected chi connectivity index (χ3v) is 18.3. The average Bonchev–Trinajstić information content (AvgIpc) is 0.966. The molecule has 0 amide bonds. The van der Waals surface area contributed by atoms with Crippen molar-refractivity contribution in [3.8, 4) is 0 Å². The number of aliphatic hydroxyl groups excluding tert-OH is 1. The van der Waals surface area contributed by atoms with E-state index < -0.39 is 97.5 Å². The molecule has 0 aromatic carbocycles. The molecule has 3 N–H and O–H groups in total. The van der Waals surface area contributed by atoms with E-state index in [0.29, 0.717) is 32.1 Å². The van der Waals surface area contributed by atoms with Gasteiger partial charge in [-0.05, 0) is 89.9 Å². The van der Waals surface area contributed by atoms with Crippen LogP contribution in [0.15, 0.2) is 85.1 Å². The van der Waals surface area contributed by atoms with Gasteiger partial charge in [-0.2, -0.15) is 0 Å². The Morgan fingerprint density at radius 3 is 0.888 bits per heavy atom. The molecule has 0 saturated carbocycles. The van der Waals surface area contributed by atoms with Gasteiger partial charge in [0, 0.05) is 25.7 Å². The Kier molecular flexibility index (Phi) is 68.9. The summed E-state index contributed by atoms with van der Waals surface area (Å²) in [4.78, 5) is 72.8. The zero-order chi connectivity index (χ0) is 71.8. The van der Waals surface area contributed by atoms with Gasteiger partial charge in [0.15, 0.2) is 12.2 Å². The normalized spacial score (nSPS) is 14.4. The van der Waals surface area contributed by atoms with Gasteiger partial charge in [-0.25, -0.2) is 9.13 Å². The Labute approximate surface area is 595 Å². The van der Waals surface area contributed by atoms with E-state index in [1.54, 1.807) is 0 Å². The summed E-state index contributed by atoms with van der Waals surface area (Å²) in [6.45, 7) is 4.69. The van der Waals surface area contributed by atoms with E-state index >= 15 is 0 Å². The molecule has 2 unspecified atom stereocenters. The number of hydrogen-bond donors (Lipinski definition) is 3. The van der Waals surface area contributed by atoms with Crippen LogP contribution in [0.3, 0.4) is 0 Å². The number of phosphoric acid groups is 2. The third-order valence-electron chi connectivity index (χ3n) is 16.4. The highest BCUT2D eigenvalue weighted by Gasteiger charge is 2.30. The number of carbonyl (C=O) groups excluding carboxylic acids is 4. The molecular formula is C79H140O17P2. The Balaban J connectivity index is 5.37. The Morgan fingerprint density at radius 2 is 0.551 bits per heavy atom. The third kappa shape index (κ3) is 70.7. The summed E-state index contributed by atoms with van der Waals surface area (Å²) in [5.74, 6) is -2.26. The minimum absolute atomic E-state index is 0.0391. The summed E-state index contributed by atoms with van der Waals surface area (Å²) in [5, 5.41) is 10.6. The fraction of sp³-hybridized carbons (Fsp3) is 0.772. The average molecular weight is 1420 g/mol. The molecule has 98 heavy (non-hydrogen) atoms. The Hall–Kier alpha value is -3.76. The van der Waals surface area contributed by atoms with Gasteiger partial charge in [-0.3, -0.25) is 37.3 Å². The number of esters is 4. The molecule has 0 radical (unpaired) electrons. The predicted octanol–water partition coefficient (Wildman–Crippen LogP) is 22.2. The second-order valence-electron chi connectivity index (χ2n) is 25.9. The standard InChI is InChI=1S/C79H140O17P2/c1-5-9-13-17-21-25-29-33-34-35-36-37-38-42-44-48-52-56-60-64-77(82)90-70-75(96-79(84)66-62-58-54-50-46-41-32-28-24-20-16-12-8-4)72-94-98(87,88)92-68-73(80)67-91-97(85,86)93-71-74(95-78(83)65-61-57-53-49-45-40-31-27-23-19-15-11-7-3)69-89-76(81)63-59-55-51-47-43-39-30-26-22-18-14-10-6-2/h9,13,21,25-26,30,33-34,36-37,42,44,52,56,73-75,80H,5-8,10-12,14-20,22-24,27-29,31-32,35,38-41,43,45-51,53-55,57-72H2,1-4H3,(H,85,86)(H,87,88)/b13-9-,25-21-,30-26-,34-33-,37-36-,44-42-,56-52-/t73-,74+,75+/m0/s1. The lowest BCUT2D eigenvalue weighted by Crippen LogP contribution is -2.30. The quantitative estimate of drug-likeness (QED) is 0.0169. The second kappa shape index (κ2) is 71.6. The van der Waals surface area contributed by atoms with Crippen molar-refractivity contribution in [3.63, 3.8) is 0 Å². The molecule has 0 fully saturated rings. The molecule has 5 atom stereocenters. The van der Waals surface area contributed by atoms with Gasteiger partial charge in [0.25, 0.3) is 0 Å². The van der Waals surface area contributed by atoms with Crippen molar-refractivity contribution in [2.45, 2.75) is 354 Å². The van der Waals surface area contributed by atoms with Crippen molar-refractivity contribution >= 4 is 39.5 Å². The van der Waals surface area contributed by atoms with Crippen molar-refractivity contribution in [1.29, 1.82) is 0 Å². The van der Waals surface area contributed by atoms with Crippen molar-refractivity contribution in [3.05, 3.63) is 85.1 Å². The van der Waals surface area contributed by atoms with Crippen LogP contribution in [0.2, 0.25) is 0 Å². The molecule has 0 aliphatic heterocycles. The number of allylic oxidation sites excluding steroid dienone is 14. The van der Waals surface area contributed by atoms with E-state index in [4.69, 9.17) is 37.0 Å². The zero-order valence-corrected chi connectivity index (χ0v) is 63.7. The summed E-state index contributed by atoms with van der Waals surface area (Å²) < 4.78 is 68.4. The van der Waals surface area contributed by atoms with Gasteiger partial charge in [0.1, 0.15) is 19.3 Å². The Bertz CT molecular complexity index is 2190. The summed E-state index contributed by atoms with van der Waals surface area (Å²) in [6, 6.07) is 0. The van der Waals surface area contributed by atoms with Crippen molar-refractivity contribution in [1.82, 2.24) is 0 Å². The van der Waals surface area contributed by atoms with Crippen molar-refractivity contribution in [2.24, 2.45) is 0 Å². The number of phosphoric ester groups is 2. The lowest BCUT2D eigenvalue weighted by molar-refractivity contribution is -0.161. The van der Waals surface area contributed by atoms with Crippen LogP contribution in [-0.2, 0) is 65.4 Å². The molecule has 0 heterocycles. The molecule has 19 heteroatoms. The minimum atomic E-state index is -4.98. The summed E-state index contributed by atoms with van der Waals surface area (Å²) in [7, 11) is -9.96. The second-order valence-corrected chi connectivity index (χ2v) is 28.8. The number of rotatable bonds is 73. The first-order chi connectivity index (χ1) is 47.7.